The lowest BCUT2D eigenvalue weighted by Gasteiger charge is -2.23. The minimum absolute atomic E-state index is 0.169. The molecular weight excluding hydrogens is 288 g/mol. The number of anilines is 1. The number of hydrogen-bond donors (Lipinski definition) is 1. The van der Waals surface area contributed by atoms with E-state index in [1.165, 1.54) is 30.2 Å². The number of benzene rings is 1. The number of carboxylic acids is 1. The van der Waals surface area contributed by atoms with Crippen LogP contribution in [0.2, 0.25) is 5.02 Å². The first kappa shape index (κ1) is 14.5. The second-order valence-corrected chi connectivity index (χ2v) is 4.93. The Hall–Kier alpha value is -1.86. The number of methoxy groups -OCH3 is 1. The zero-order valence-electron chi connectivity index (χ0n) is 10.7. The number of nitro groups is 1. The second kappa shape index (κ2) is 5.64. The van der Waals surface area contributed by atoms with E-state index in [1.54, 1.807) is 0 Å². The summed E-state index contributed by atoms with van der Waals surface area (Å²) in [6.07, 6.45) is -0.00938. The molecule has 0 aliphatic carbocycles. The van der Waals surface area contributed by atoms with E-state index in [9.17, 15) is 20.0 Å². The van der Waals surface area contributed by atoms with Crippen molar-refractivity contribution in [1.29, 1.82) is 0 Å². The molecule has 0 bridgehead atoms. The Bertz CT molecular complexity index is 551. The lowest BCUT2D eigenvalue weighted by atomic mass is 10.2. The quantitative estimate of drug-likeness (QED) is 0.674. The third-order valence-electron chi connectivity index (χ3n) is 3.32. The molecule has 1 aliphatic rings. The minimum Gasteiger partial charge on any atom is -0.480 e. The third-order valence-corrected chi connectivity index (χ3v) is 3.56. The highest BCUT2D eigenvalue weighted by Crippen LogP contribution is 2.36. The fraction of sp³-hybridized carbons (Fsp3) is 0.417. The molecule has 0 amide bonds. The number of rotatable bonds is 4. The average molecular weight is 301 g/mol. The molecule has 1 heterocycles. The van der Waals surface area contributed by atoms with Crippen LogP contribution in [0.4, 0.5) is 11.4 Å². The highest BCUT2D eigenvalue weighted by atomic mass is 35.5. The first-order chi connectivity index (χ1) is 9.43. The molecule has 0 saturated carbocycles. The maximum Gasteiger partial charge on any atom is 0.326 e. The maximum absolute atomic E-state index is 11.3. The van der Waals surface area contributed by atoms with Gasteiger partial charge in [-0.3, -0.25) is 10.1 Å². The number of carbonyl (C=O) groups is 1. The Morgan fingerprint density at radius 2 is 2.30 bits per heavy atom. The van der Waals surface area contributed by atoms with Gasteiger partial charge in [0.2, 0.25) is 0 Å². The van der Waals surface area contributed by atoms with E-state index in [0.29, 0.717) is 5.02 Å². The van der Waals surface area contributed by atoms with Gasteiger partial charge in [0.05, 0.1) is 11.0 Å². The van der Waals surface area contributed by atoms with Crippen LogP contribution in [-0.2, 0) is 9.53 Å². The molecule has 2 atom stereocenters. The zero-order chi connectivity index (χ0) is 14.9. The normalized spacial score (nSPS) is 22.0. The van der Waals surface area contributed by atoms with Crippen LogP contribution in [0, 0.1) is 10.1 Å². The van der Waals surface area contributed by atoms with E-state index in [-0.39, 0.29) is 30.4 Å². The van der Waals surface area contributed by atoms with Crippen LogP contribution in [0.5, 0.6) is 0 Å². The Balaban J connectivity index is 2.45. The average Bonchev–Trinajstić information content (AvgIpc) is 2.82. The van der Waals surface area contributed by atoms with Crippen LogP contribution in [0.1, 0.15) is 6.42 Å². The van der Waals surface area contributed by atoms with Crippen LogP contribution in [0.15, 0.2) is 18.2 Å². The molecule has 1 fully saturated rings. The number of nitro benzene ring substituents is 1. The van der Waals surface area contributed by atoms with Crippen molar-refractivity contribution in [2.75, 3.05) is 18.6 Å². The Morgan fingerprint density at radius 1 is 1.60 bits per heavy atom. The molecule has 2 unspecified atom stereocenters. The largest absolute Gasteiger partial charge is 0.480 e. The predicted octanol–water partition coefficient (Wildman–Crippen LogP) is 1.93. The lowest BCUT2D eigenvalue weighted by Crippen LogP contribution is -2.36. The SMILES string of the molecule is COC1CC(C(=O)O)N(c2cc(Cl)ccc2[N+](=O)[O-])C1. The Kier molecular flexibility index (Phi) is 4.10. The van der Waals surface area contributed by atoms with Crippen LogP contribution in [0.3, 0.4) is 0 Å². The highest BCUT2D eigenvalue weighted by Gasteiger charge is 2.39. The van der Waals surface area contributed by atoms with Crippen molar-refractivity contribution in [3.05, 3.63) is 33.3 Å². The molecule has 1 aromatic carbocycles. The number of aliphatic carboxylic acids is 1. The molecule has 108 valence electrons. The number of nitrogens with zero attached hydrogens (tertiary/aromatic N) is 2. The summed E-state index contributed by atoms with van der Waals surface area (Å²) in [4.78, 5) is 23.3. The Labute approximate surface area is 119 Å². The first-order valence-corrected chi connectivity index (χ1v) is 6.28. The number of halogens is 1. The van der Waals surface area contributed by atoms with Crippen molar-refractivity contribution >= 4 is 28.9 Å². The van der Waals surface area contributed by atoms with Crippen molar-refractivity contribution in [2.45, 2.75) is 18.6 Å². The summed E-state index contributed by atoms with van der Waals surface area (Å²) < 4.78 is 5.17. The molecule has 0 aromatic heterocycles. The zero-order valence-corrected chi connectivity index (χ0v) is 11.4. The van der Waals surface area contributed by atoms with E-state index >= 15 is 0 Å². The van der Waals surface area contributed by atoms with Gasteiger partial charge in [0.25, 0.3) is 5.69 Å². The smallest absolute Gasteiger partial charge is 0.326 e. The van der Waals surface area contributed by atoms with E-state index < -0.39 is 16.9 Å². The van der Waals surface area contributed by atoms with Gasteiger partial charge >= 0.3 is 5.97 Å². The van der Waals surface area contributed by atoms with Gasteiger partial charge in [0.15, 0.2) is 0 Å². The number of hydrogen-bond acceptors (Lipinski definition) is 5. The molecular formula is C12H13ClN2O5. The van der Waals surface area contributed by atoms with E-state index in [2.05, 4.69) is 0 Å². The minimum atomic E-state index is -1.04. The molecule has 8 heteroatoms. The lowest BCUT2D eigenvalue weighted by molar-refractivity contribution is -0.384. The van der Waals surface area contributed by atoms with Gasteiger partial charge in [0, 0.05) is 31.2 Å². The predicted molar refractivity (Wildman–Crippen MR) is 72.3 cm³/mol. The standard InChI is InChI=1S/C12H13ClN2O5/c1-20-8-5-11(12(16)17)14(6-8)10-4-7(13)2-3-9(10)15(18)19/h2-4,8,11H,5-6H2,1H3,(H,16,17). The summed E-state index contributed by atoms with van der Waals surface area (Å²) in [6.45, 7) is 0.272. The number of ether oxygens (including phenoxy) is 1. The van der Waals surface area contributed by atoms with Gasteiger partial charge in [-0.05, 0) is 12.1 Å². The maximum atomic E-state index is 11.3. The molecule has 1 aliphatic heterocycles. The fourth-order valence-electron chi connectivity index (χ4n) is 2.35. The molecule has 7 nitrogen and oxygen atoms in total. The van der Waals surface area contributed by atoms with Crippen molar-refractivity contribution in [2.24, 2.45) is 0 Å². The first-order valence-electron chi connectivity index (χ1n) is 5.90. The van der Waals surface area contributed by atoms with Crippen molar-refractivity contribution in [3.63, 3.8) is 0 Å². The van der Waals surface area contributed by atoms with E-state index in [1.807, 2.05) is 0 Å². The van der Waals surface area contributed by atoms with Crippen LogP contribution in [0.25, 0.3) is 0 Å². The van der Waals surface area contributed by atoms with Gasteiger partial charge in [-0.15, -0.1) is 0 Å². The number of carboxylic acid groups (broad SMARTS) is 1. The molecule has 1 aromatic rings. The summed E-state index contributed by atoms with van der Waals surface area (Å²) in [7, 11) is 1.49. The Morgan fingerprint density at radius 3 is 2.85 bits per heavy atom. The van der Waals surface area contributed by atoms with Gasteiger partial charge in [0.1, 0.15) is 11.7 Å². The van der Waals surface area contributed by atoms with Crippen molar-refractivity contribution in [3.8, 4) is 0 Å². The van der Waals surface area contributed by atoms with Gasteiger partial charge in [-0.2, -0.15) is 0 Å². The molecule has 0 spiro atoms. The summed E-state index contributed by atoms with van der Waals surface area (Å²) in [6, 6.07) is 3.23. The van der Waals surface area contributed by atoms with Crippen LogP contribution in [-0.4, -0.2) is 41.8 Å². The molecule has 1 saturated heterocycles. The monoisotopic (exact) mass is 300 g/mol. The topological polar surface area (TPSA) is 92.9 Å². The summed E-state index contributed by atoms with van der Waals surface area (Å²) >= 11 is 5.87. The molecule has 0 radical (unpaired) electrons. The summed E-state index contributed by atoms with van der Waals surface area (Å²) in [5.41, 5.74) is 0.0341. The van der Waals surface area contributed by atoms with Crippen LogP contribution < -0.4 is 4.90 Å². The van der Waals surface area contributed by atoms with Gasteiger partial charge < -0.3 is 14.7 Å². The molecule has 2 rings (SSSR count). The molecule has 20 heavy (non-hydrogen) atoms. The fourth-order valence-corrected chi connectivity index (χ4v) is 2.52. The van der Waals surface area contributed by atoms with Crippen molar-refractivity contribution < 1.29 is 19.6 Å². The van der Waals surface area contributed by atoms with Crippen molar-refractivity contribution in [1.82, 2.24) is 0 Å². The van der Waals surface area contributed by atoms with Gasteiger partial charge in [-0.25, -0.2) is 4.79 Å². The summed E-state index contributed by atoms with van der Waals surface area (Å²) in [5, 5.41) is 20.6. The molecule has 1 N–H and O–H groups in total. The van der Waals surface area contributed by atoms with E-state index in [0.717, 1.165) is 0 Å². The second-order valence-electron chi connectivity index (χ2n) is 4.49. The van der Waals surface area contributed by atoms with Gasteiger partial charge in [-0.1, -0.05) is 11.6 Å². The third kappa shape index (κ3) is 2.68. The summed E-state index contributed by atoms with van der Waals surface area (Å²) in [5.74, 6) is -1.04. The van der Waals surface area contributed by atoms with E-state index in [4.69, 9.17) is 16.3 Å². The highest BCUT2D eigenvalue weighted by molar-refractivity contribution is 6.31. The van der Waals surface area contributed by atoms with Crippen LogP contribution >= 0.6 is 11.6 Å².